The fourth-order valence-electron chi connectivity index (χ4n) is 4.92. The second kappa shape index (κ2) is 7.64. The van der Waals surface area contributed by atoms with Gasteiger partial charge >= 0.3 is 0 Å². The average molecular weight is 441 g/mol. The molecule has 0 unspecified atom stereocenters. The normalized spacial score (nSPS) is 13.4. The molecule has 1 aromatic heterocycles. The molecule has 0 N–H and O–H groups in total. The zero-order valence-electron chi connectivity index (χ0n) is 18.8. The molecule has 6 rings (SSSR count). The van der Waals surface area contributed by atoms with E-state index >= 15 is 0 Å². The molecule has 158 valence electrons. The number of nitrogens with zero attached hydrogens (tertiary/aromatic N) is 2. The van der Waals surface area contributed by atoms with Gasteiger partial charge in [0.1, 0.15) is 8.07 Å². The molecule has 33 heavy (non-hydrogen) atoms. The lowest BCUT2D eigenvalue weighted by atomic mass is 9.98. The third-order valence-electron chi connectivity index (χ3n) is 6.67. The molecule has 0 aliphatic carbocycles. The van der Waals surface area contributed by atoms with Gasteiger partial charge in [0.15, 0.2) is 5.82 Å². The van der Waals surface area contributed by atoms with Gasteiger partial charge in [-0.25, -0.2) is 9.97 Å². The van der Waals surface area contributed by atoms with Crippen LogP contribution in [0.4, 0.5) is 0 Å². The highest BCUT2D eigenvalue weighted by atomic mass is 28.3. The van der Waals surface area contributed by atoms with Gasteiger partial charge in [0.2, 0.25) is 0 Å². The van der Waals surface area contributed by atoms with Gasteiger partial charge in [-0.05, 0) is 21.9 Å². The largest absolute Gasteiger partial charge is 0.237 e. The van der Waals surface area contributed by atoms with Crippen molar-refractivity contribution in [3.63, 3.8) is 0 Å². The number of aromatic nitrogens is 2. The predicted molar refractivity (Wildman–Crippen MR) is 141 cm³/mol. The van der Waals surface area contributed by atoms with Crippen LogP contribution in [-0.2, 0) is 0 Å². The van der Waals surface area contributed by atoms with Crippen LogP contribution in [-0.4, -0.2) is 18.0 Å². The fourth-order valence-corrected chi connectivity index (χ4v) is 7.83. The number of benzene rings is 4. The van der Waals surface area contributed by atoms with Gasteiger partial charge in [0.05, 0.1) is 5.69 Å². The lowest BCUT2D eigenvalue weighted by Gasteiger charge is -2.19. The molecule has 1 aliphatic rings. The quantitative estimate of drug-likeness (QED) is 0.309. The number of hydrogen-bond donors (Lipinski definition) is 0. The molecule has 0 spiro atoms. The van der Waals surface area contributed by atoms with E-state index in [-0.39, 0.29) is 0 Å². The summed E-state index contributed by atoms with van der Waals surface area (Å²) in [4.78, 5) is 10.4. The summed E-state index contributed by atoms with van der Waals surface area (Å²) in [6.07, 6.45) is 0. The first-order chi connectivity index (χ1) is 16.1. The molecule has 0 saturated heterocycles. The van der Waals surface area contributed by atoms with E-state index < -0.39 is 8.07 Å². The van der Waals surface area contributed by atoms with Crippen molar-refractivity contribution in [3.8, 4) is 44.9 Å². The van der Waals surface area contributed by atoms with Gasteiger partial charge in [-0.3, -0.25) is 0 Å². The van der Waals surface area contributed by atoms with E-state index in [0.717, 1.165) is 22.6 Å². The van der Waals surface area contributed by atoms with Gasteiger partial charge in [0, 0.05) is 22.0 Å². The smallest absolute Gasteiger partial charge is 0.159 e. The molecule has 0 atom stereocenters. The molecule has 4 aromatic carbocycles. The SMILES string of the molecule is C[Si]1(C)c2ccccc2-c2c(-c3ccc(-c4ccccc4)cc3)nc(-c3ccccc3)nc21. The Balaban J connectivity index is 1.59. The van der Waals surface area contributed by atoms with Crippen molar-refractivity contribution in [1.29, 1.82) is 0 Å². The zero-order chi connectivity index (χ0) is 22.4. The van der Waals surface area contributed by atoms with Gasteiger partial charge in [-0.1, -0.05) is 122 Å². The number of hydrogen-bond acceptors (Lipinski definition) is 2. The summed E-state index contributed by atoms with van der Waals surface area (Å²) in [6, 6.07) is 38.5. The van der Waals surface area contributed by atoms with Crippen molar-refractivity contribution in [1.82, 2.24) is 9.97 Å². The van der Waals surface area contributed by atoms with E-state index in [0.29, 0.717) is 0 Å². The van der Waals surface area contributed by atoms with E-state index in [1.165, 1.54) is 32.8 Å². The molecule has 3 heteroatoms. The molecule has 0 fully saturated rings. The first-order valence-corrected chi connectivity index (χ1v) is 14.4. The lowest BCUT2D eigenvalue weighted by molar-refractivity contribution is 1.21. The van der Waals surface area contributed by atoms with Crippen molar-refractivity contribution in [2.45, 2.75) is 13.1 Å². The van der Waals surface area contributed by atoms with Crippen molar-refractivity contribution in [2.24, 2.45) is 0 Å². The van der Waals surface area contributed by atoms with Crippen LogP contribution in [0.1, 0.15) is 0 Å². The zero-order valence-corrected chi connectivity index (χ0v) is 19.8. The molecular weight excluding hydrogens is 416 g/mol. The Morgan fingerprint density at radius 2 is 1.06 bits per heavy atom. The summed E-state index contributed by atoms with van der Waals surface area (Å²) in [5, 5.41) is 2.68. The molecule has 2 nitrogen and oxygen atoms in total. The van der Waals surface area contributed by atoms with Crippen LogP contribution in [0.25, 0.3) is 44.9 Å². The van der Waals surface area contributed by atoms with Gasteiger partial charge < -0.3 is 0 Å². The van der Waals surface area contributed by atoms with E-state index in [2.05, 4.69) is 116 Å². The third-order valence-corrected chi connectivity index (χ3v) is 10.00. The van der Waals surface area contributed by atoms with Crippen LogP contribution in [0.5, 0.6) is 0 Å². The molecule has 0 radical (unpaired) electrons. The van der Waals surface area contributed by atoms with Crippen molar-refractivity contribution in [3.05, 3.63) is 109 Å². The highest BCUT2D eigenvalue weighted by Crippen LogP contribution is 2.36. The minimum atomic E-state index is -1.92. The van der Waals surface area contributed by atoms with Gasteiger partial charge in [-0.15, -0.1) is 0 Å². The monoisotopic (exact) mass is 440 g/mol. The van der Waals surface area contributed by atoms with Crippen LogP contribution in [0.15, 0.2) is 109 Å². The fraction of sp³-hybridized carbons (Fsp3) is 0.0667. The maximum absolute atomic E-state index is 5.19. The summed E-state index contributed by atoms with van der Waals surface area (Å²) in [7, 11) is -1.92. The van der Waals surface area contributed by atoms with Gasteiger partial charge in [-0.2, -0.15) is 0 Å². The summed E-state index contributed by atoms with van der Waals surface area (Å²) in [6.45, 7) is 4.81. The molecule has 0 bridgehead atoms. The maximum atomic E-state index is 5.19. The molecular formula is C30H24N2Si. The highest BCUT2D eigenvalue weighted by molar-refractivity contribution is 7.03. The second-order valence-electron chi connectivity index (χ2n) is 9.10. The topological polar surface area (TPSA) is 25.8 Å². The van der Waals surface area contributed by atoms with Crippen LogP contribution in [0.3, 0.4) is 0 Å². The van der Waals surface area contributed by atoms with E-state index in [4.69, 9.17) is 9.97 Å². The second-order valence-corrected chi connectivity index (χ2v) is 13.4. The Morgan fingerprint density at radius 1 is 0.515 bits per heavy atom. The lowest BCUT2D eigenvalue weighted by Crippen LogP contribution is -2.50. The van der Waals surface area contributed by atoms with Crippen LogP contribution in [0.2, 0.25) is 13.1 Å². The molecule has 0 amide bonds. The highest BCUT2D eigenvalue weighted by Gasteiger charge is 2.41. The average Bonchev–Trinajstić information content (AvgIpc) is 3.12. The first-order valence-electron chi connectivity index (χ1n) is 11.4. The molecule has 5 aromatic rings. The first kappa shape index (κ1) is 19.8. The summed E-state index contributed by atoms with van der Waals surface area (Å²) in [5.41, 5.74) is 8.17. The van der Waals surface area contributed by atoms with Gasteiger partial charge in [0.25, 0.3) is 0 Å². The molecule has 1 aliphatic heterocycles. The third kappa shape index (κ3) is 3.24. The van der Waals surface area contributed by atoms with Crippen LogP contribution in [0, 0.1) is 0 Å². The van der Waals surface area contributed by atoms with Crippen LogP contribution < -0.4 is 10.5 Å². The Hall–Kier alpha value is -3.82. The maximum Gasteiger partial charge on any atom is 0.159 e. The summed E-state index contributed by atoms with van der Waals surface area (Å²) >= 11 is 0. The summed E-state index contributed by atoms with van der Waals surface area (Å²) in [5.74, 6) is 0.810. The Labute approximate surface area is 195 Å². The predicted octanol–water partition coefficient (Wildman–Crippen LogP) is 6.28. The van der Waals surface area contributed by atoms with E-state index in [1.807, 2.05) is 6.07 Å². The minimum Gasteiger partial charge on any atom is -0.237 e. The van der Waals surface area contributed by atoms with Crippen molar-refractivity contribution in [2.75, 3.05) is 0 Å². The van der Waals surface area contributed by atoms with E-state index in [1.54, 1.807) is 0 Å². The van der Waals surface area contributed by atoms with Crippen LogP contribution >= 0.6 is 0 Å². The summed E-state index contributed by atoms with van der Waals surface area (Å²) < 4.78 is 0. The minimum absolute atomic E-state index is 0.810. The Morgan fingerprint density at radius 3 is 1.76 bits per heavy atom. The van der Waals surface area contributed by atoms with E-state index in [9.17, 15) is 0 Å². The Kier molecular flexibility index (Phi) is 4.59. The van der Waals surface area contributed by atoms with Crippen molar-refractivity contribution >= 4 is 18.6 Å². The number of rotatable bonds is 3. The Bertz CT molecular complexity index is 1460. The standard InChI is InChI=1S/C30H24N2Si/c1-33(2)26-16-10-9-15-25(26)27-28(31-29(32-30(27)33)24-13-7-4-8-14-24)23-19-17-22(18-20-23)21-11-5-3-6-12-21/h3-20H,1-2H3. The molecule has 0 saturated carbocycles. The molecule has 2 heterocycles. The number of fused-ring (bicyclic) bond motifs is 3. The van der Waals surface area contributed by atoms with Crippen molar-refractivity contribution < 1.29 is 0 Å².